The van der Waals surface area contributed by atoms with Gasteiger partial charge >= 0.3 is 0 Å². The summed E-state index contributed by atoms with van der Waals surface area (Å²) >= 11 is 5.68. The minimum atomic E-state index is -4.13. The lowest BCUT2D eigenvalue weighted by Crippen LogP contribution is -2.17. The maximum atomic E-state index is 13.8. The Bertz CT molecular complexity index is 729. The molecular weight excluding hydrogens is 295 g/mol. The van der Waals surface area contributed by atoms with Gasteiger partial charge in [0, 0.05) is 18.1 Å². The third-order valence-electron chi connectivity index (χ3n) is 2.38. The summed E-state index contributed by atoms with van der Waals surface area (Å²) in [5.74, 6) is -0.850. The van der Waals surface area contributed by atoms with Gasteiger partial charge in [0.15, 0.2) is 5.82 Å². The van der Waals surface area contributed by atoms with E-state index in [-0.39, 0.29) is 16.5 Å². The number of nitrogen functional groups attached to an aromatic ring is 1. The van der Waals surface area contributed by atoms with Crippen LogP contribution in [0, 0.1) is 5.82 Å². The molecule has 0 unspecified atom stereocenters. The first-order chi connectivity index (χ1) is 8.81. The van der Waals surface area contributed by atoms with Gasteiger partial charge in [-0.25, -0.2) is 12.8 Å². The highest BCUT2D eigenvalue weighted by Gasteiger charge is 2.22. The molecular formula is C10H10ClFN4O2S. The van der Waals surface area contributed by atoms with E-state index in [0.29, 0.717) is 0 Å². The van der Waals surface area contributed by atoms with E-state index in [2.05, 4.69) is 9.82 Å². The zero-order valence-electron chi connectivity index (χ0n) is 9.76. The number of halogens is 2. The number of sulfonamides is 1. The van der Waals surface area contributed by atoms with E-state index < -0.39 is 20.7 Å². The topological polar surface area (TPSA) is 90.0 Å². The molecule has 0 aliphatic heterocycles. The fourth-order valence-corrected chi connectivity index (χ4v) is 2.96. The van der Waals surface area contributed by atoms with Crippen LogP contribution in [0.1, 0.15) is 0 Å². The van der Waals surface area contributed by atoms with Crippen LogP contribution in [0.2, 0.25) is 5.02 Å². The fraction of sp³-hybridized carbons (Fsp3) is 0.100. The van der Waals surface area contributed by atoms with Crippen molar-refractivity contribution in [3.05, 3.63) is 35.2 Å². The van der Waals surface area contributed by atoms with Crippen LogP contribution in [0.4, 0.5) is 15.9 Å². The van der Waals surface area contributed by atoms with Gasteiger partial charge in [0.1, 0.15) is 10.7 Å². The maximum absolute atomic E-state index is 13.8. The largest absolute Gasteiger partial charge is 0.396 e. The highest BCUT2D eigenvalue weighted by Crippen LogP contribution is 2.26. The molecule has 0 fully saturated rings. The van der Waals surface area contributed by atoms with Gasteiger partial charge in [-0.15, -0.1) is 0 Å². The van der Waals surface area contributed by atoms with Crippen molar-refractivity contribution in [3.63, 3.8) is 0 Å². The zero-order valence-corrected chi connectivity index (χ0v) is 11.3. The molecule has 3 N–H and O–H groups in total. The molecule has 0 atom stereocenters. The smallest absolute Gasteiger partial charge is 0.266 e. The standard InChI is InChI=1S/C10H10ClFN4O2S/c1-16-9(2-3-14-16)15-19(17,18)8-5-6(11)4-7(13)10(8)12/h2-5,15H,13H2,1H3. The van der Waals surface area contributed by atoms with E-state index in [0.717, 1.165) is 12.1 Å². The van der Waals surface area contributed by atoms with Crippen LogP contribution in [0.25, 0.3) is 0 Å². The van der Waals surface area contributed by atoms with Crippen LogP contribution in [0.15, 0.2) is 29.3 Å². The Kier molecular flexibility index (Phi) is 3.38. The van der Waals surface area contributed by atoms with Gasteiger partial charge in [-0.1, -0.05) is 11.6 Å². The predicted octanol–water partition coefficient (Wildman–Crippen LogP) is 1.60. The second-order valence-electron chi connectivity index (χ2n) is 3.75. The first-order valence-electron chi connectivity index (χ1n) is 5.06. The van der Waals surface area contributed by atoms with Crippen LogP contribution < -0.4 is 10.5 Å². The van der Waals surface area contributed by atoms with Gasteiger partial charge in [-0.3, -0.25) is 9.40 Å². The Morgan fingerprint density at radius 1 is 1.47 bits per heavy atom. The quantitative estimate of drug-likeness (QED) is 0.843. The number of nitrogens with two attached hydrogens (primary N) is 1. The highest BCUT2D eigenvalue weighted by atomic mass is 35.5. The number of benzene rings is 1. The second-order valence-corrected chi connectivity index (χ2v) is 5.84. The molecule has 102 valence electrons. The second kappa shape index (κ2) is 4.71. The fourth-order valence-electron chi connectivity index (χ4n) is 1.45. The molecule has 0 saturated carbocycles. The van der Waals surface area contributed by atoms with E-state index in [1.807, 2.05) is 0 Å². The van der Waals surface area contributed by atoms with Crippen molar-refractivity contribution in [2.24, 2.45) is 7.05 Å². The summed E-state index contributed by atoms with van der Waals surface area (Å²) in [5.41, 5.74) is 5.02. The lowest BCUT2D eigenvalue weighted by Gasteiger charge is -2.10. The summed E-state index contributed by atoms with van der Waals surface area (Å²) in [4.78, 5) is -0.612. The van der Waals surface area contributed by atoms with Gasteiger partial charge in [0.25, 0.3) is 10.0 Å². The highest BCUT2D eigenvalue weighted by molar-refractivity contribution is 7.92. The van der Waals surface area contributed by atoms with E-state index in [1.165, 1.54) is 16.9 Å². The lowest BCUT2D eigenvalue weighted by atomic mass is 10.3. The van der Waals surface area contributed by atoms with E-state index in [9.17, 15) is 12.8 Å². The van der Waals surface area contributed by atoms with Crippen LogP contribution in [0.3, 0.4) is 0 Å². The summed E-state index contributed by atoms with van der Waals surface area (Å²) < 4.78 is 41.4. The van der Waals surface area contributed by atoms with Crippen molar-refractivity contribution in [1.29, 1.82) is 0 Å². The molecule has 0 spiro atoms. The Labute approximate surface area is 114 Å². The number of aromatic nitrogens is 2. The molecule has 1 aromatic heterocycles. The minimum Gasteiger partial charge on any atom is -0.396 e. The van der Waals surface area contributed by atoms with Gasteiger partial charge in [-0.2, -0.15) is 5.10 Å². The van der Waals surface area contributed by atoms with Gasteiger partial charge in [0.2, 0.25) is 0 Å². The van der Waals surface area contributed by atoms with Crippen LogP contribution in [0.5, 0.6) is 0 Å². The Balaban J connectivity index is 2.49. The average molecular weight is 305 g/mol. The SMILES string of the molecule is Cn1nccc1NS(=O)(=O)c1cc(Cl)cc(N)c1F. The number of anilines is 2. The molecule has 0 amide bonds. The van der Waals surface area contributed by atoms with Crippen LogP contribution >= 0.6 is 11.6 Å². The Hall–Kier alpha value is -1.80. The van der Waals surface area contributed by atoms with Gasteiger partial charge in [-0.05, 0) is 12.1 Å². The predicted molar refractivity (Wildman–Crippen MR) is 69.8 cm³/mol. The number of hydrogen-bond donors (Lipinski definition) is 2. The van der Waals surface area contributed by atoms with Crippen molar-refractivity contribution in [1.82, 2.24) is 9.78 Å². The molecule has 0 radical (unpaired) electrons. The van der Waals surface area contributed by atoms with Crippen molar-refractivity contribution < 1.29 is 12.8 Å². The van der Waals surface area contributed by atoms with Crippen LogP contribution in [-0.4, -0.2) is 18.2 Å². The van der Waals surface area contributed by atoms with E-state index in [1.54, 1.807) is 7.05 Å². The lowest BCUT2D eigenvalue weighted by molar-refractivity contribution is 0.572. The molecule has 0 aliphatic carbocycles. The van der Waals surface area contributed by atoms with Crippen molar-refractivity contribution in [2.45, 2.75) is 4.90 Å². The van der Waals surface area contributed by atoms with Crippen molar-refractivity contribution in [3.8, 4) is 0 Å². The maximum Gasteiger partial charge on any atom is 0.266 e. The molecule has 1 heterocycles. The normalized spacial score (nSPS) is 11.5. The summed E-state index contributed by atoms with van der Waals surface area (Å²) in [6, 6.07) is 3.56. The average Bonchev–Trinajstić information content (AvgIpc) is 2.69. The number of nitrogens with zero attached hydrogens (tertiary/aromatic N) is 2. The molecule has 0 bridgehead atoms. The summed E-state index contributed by atoms with van der Waals surface area (Å²) in [6.45, 7) is 0. The van der Waals surface area contributed by atoms with E-state index >= 15 is 0 Å². The molecule has 19 heavy (non-hydrogen) atoms. The third-order valence-corrected chi connectivity index (χ3v) is 3.95. The third kappa shape index (κ3) is 2.64. The zero-order chi connectivity index (χ0) is 14.2. The summed E-state index contributed by atoms with van der Waals surface area (Å²) in [5, 5.41) is 3.83. The van der Waals surface area contributed by atoms with Crippen molar-refractivity contribution >= 4 is 33.1 Å². The molecule has 6 nitrogen and oxygen atoms in total. The molecule has 0 aliphatic rings. The van der Waals surface area contributed by atoms with Gasteiger partial charge in [0.05, 0.1) is 11.9 Å². The minimum absolute atomic E-state index is 0.0317. The number of nitrogens with one attached hydrogen (secondary N) is 1. The Morgan fingerprint density at radius 2 is 2.16 bits per heavy atom. The van der Waals surface area contributed by atoms with Gasteiger partial charge < -0.3 is 5.73 Å². The number of aryl methyl sites for hydroxylation is 1. The first-order valence-corrected chi connectivity index (χ1v) is 6.93. The number of rotatable bonds is 3. The molecule has 9 heteroatoms. The summed E-state index contributed by atoms with van der Waals surface area (Å²) in [7, 11) is -2.59. The van der Waals surface area contributed by atoms with Crippen molar-refractivity contribution in [2.75, 3.05) is 10.5 Å². The number of hydrogen-bond acceptors (Lipinski definition) is 4. The monoisotopic (exact) mass is 304 g/mol. The van der Waals surface area contributed by atoms with Crippen LogP contribution in [-0.2, 0) is 17.1 Å². The molecule has 0 saturated heterocycles. The summed E-state index contributed by atoms with van der Waals surface area (Å²) in [6.07, 6.45) is 1.40. The van der Waals surface area contributed by atoms with E-state index in [4.69, 9.17) is 17.3 Å². The first kappa shape index (κ1) is 13.6. The molecule has 2 rings (SSSR count). The molecule has 1 aromatic carbocycles. The molecule has 2 aromatic rings. The Morgan fingerprint density at radius 3 is 2.74 bits per heavy atom.